The summed E-state index contributed by atoms with van der Waals surface area (Å²) >= 11 is 0. The molecule has 4 aromatic carbocycles. The minimum Gasteiger partial charge on any atom is -0.457 e. The third kappa shape index (κ3) is 6.02. The summed E-state index contributed by atoms with van der Waals surface area (Å²) < 4.78 is 5.52. The highest BCUT2D eigenvalue weighted by molar-refractivity contribution is 6.05. The lowest BCUT2D eigenvalue weighted by atomic mass is 10.0. The molecule has 0 aliphatic carbocycles. The number of aliphatic hydroxyl groups is 1. The number of carbonyl (C=O) groups is 2. The average molecular weight is 466 g/mol. The van der Waals surface area contributed by atoms with Gasteiger partial charge in [-0.1, -0.05) is 103 Å². The van der Waals surface area contributed by atoms with Gasteiger partial charge in [0.15, 0.2) is 0 Å². The van der Waals surface area contributed by atoms with Crippen LogP contribution in [0.3, 0.4) is 0 Å². The van der Waals surface area contributed by atoms with Crippen LogP contribution in [0.5, 0.6) is 0 Å². The van der Waals surface area contributed by atoms with Crippen molar-refractivity contribution in [2.75, 3.05) is 6.61 Å². The number of aliphatic hydroxyl groups excluding tert-OH is 1. The van der Waals surface area contributed by atoms with E-state index >= 15 is 0 Å². The van der Waals surface area contributed by atoms with Gasteiger partial charge in [-0.25, -0.2) is 4.79 Å². The zero-order valence-corrected chi connectivity index (χ0v) is 19.3. The summed E-state index contributed by atoms with van der Waals surface area (Å²) in [6.07, 6.45) is 0. The van der Waals surface area contributed by atoms with Crippen LogP contribution >= 0.6 is 0 Å². The van der Waals surface area contributed by atoms with E-state index in [4.69, 9.17) is 4.74 Å². The molecule has 0 fully saturated rings. The Morgan fingerprint density at radius 2 is 1.20 bits per heavy atom. The second-order valence-corrected chi connectivity index (χ2v) is 8.14. The van der Waals surface area contributed by atoms with Crippen molar-refractivity contribution >= 4 is 11.9 Å². The predicted molar refractivity (Wildman–Crippen MR) is 135 cm³/mol. The number of hydrogen-bond donors (Lipinski definition) is 1. The van der Waals surface area contributed by atoms with E-state index in [1.54, 1.807) is 29.2 Å². The van der Waals surface area contributed by atoms with Crippen LogP contribution in [0, 0.1) is 0 Å². The van der Waals surface area contributed by atoms with E-state index in [1.807, 2.05) is 91.0 Å². The smallest absolute Gasteiger partial charge is 0.339 e. The third-order valence-electron chi connectivity index (χ3n) is 5.78. The zero-order valence-electron chi connectivity index (χ0n) is 19.3. The number of carbonyl (C=O) groups excluding carboxylic acids is 2. The van der Waals surface area contributed by atoms with E-state index in [1.165, 1.54) is 0 Å². The topological polar surface area (TPSA) is 66.8 Å². The number of ether oxygens (including phenoxy) is 1. The van der Waals surface area contributed by atoms with Crippen LogP contribution in [0.15, 0.2) is 115 Å². The highest BCUT2D eigenvalue weighted by Gasteiger charge is 2.29. The maximum atomic E-state index is 13.9. The Labute approximate surface area is 205 Å². The molecule has 0 bridgehead atoms. The molecule has 1 amide bonds. The maximum Gasteiger partial charge on any atom is 0.339 e. The van der Waals surface area contributed by atoms with Gasteiger partial charge in [0.05, 0.1) is 23.8 Å². The van der Waals surface area contributed by atoms with E-state index in [0.717, 1.165) is 16.7 Å². The van der Waals surface area contributed by atoms with Crippen molar-refractivity contribution in [1.29, 1.82) is 0 Å². The molecule has 0 saturated carbocycles. The van der Waals surface area contributed by atoms with Gasteiger partial charge >= 0.3 is 5.97 Å². The van der Waals surface area contributed by atoms with Crippen LogP contribution in [-0.4, -0.2) is 28.5 Å². The van der Waals surface area contributed by atoms with Crippen molar-refractivity contribution in [2.24, 2.45) is 0 Å². The molecule has 0 heterocycles. The molecule has 0 aromatic heterocycles. The summed E-state index contributed by atoms with van der Waals surface area (Å²) in [4.78, 5) is 28.5. The Morgan fingerprint density at radius 1 is 0.686 bits per heavy atom. The monoisotopic (exact) mass is 465 g/mol. The summed E-state index contributed by atoms with van der Waals surface area (Å²) in [6.45, 7) is 0.121. The van der Waals surface area contributed by atoms with E-state index in [0.29, 0.717) is 0 Å². The molecule has 5 heteroatoms. The molecule has 0 radical (unpaired) electrons. The molecule has 0 aliphatic rings. The molecule has 35 heavy (non-hydrogen) atoms. The molecule has 5 nitrogen and oxygen atoms in total. The minimum atomic E-state index is -0.586. The standard InChI is InChI=1S/C30H27NO4/c32-21-28(25-16-8-3-9-17-25)31(20-23-12-4-1-5-13-23)29(33)26-18-10-11-19-27(26)30(34)35-22-24-14-6-2-7-15-24/h1-19,28,32H,20-22H2. The maximum absolute atomic E-state index is 13.9. The van der Waals surface area contributed by atoms with E-state index in [-0.39, 0.29) is 36.8 Å². The Kier molecular flexibility index (Phi) is 8.04. The highest BCUT2D eigenvalue weighted by Crippen LogP contribution is 2.26. The van der Waals surface area contributed by atoms with Crippen molar-refractivity contribution in [3.63, 3.8) is 0 Å². The average Bonchev–Trinajstić information content (AvgIpc) is 2.93. The quantitative estimate of drug-likeness (QED) is 0.335. The van der Waals surface area contributed by atoms with Gasteiger partial charge in [-0.2, -0.15) is 0 Å². The predicted octanol–water partition coefficient (Wildman–Crippen LogP) is 5.42. The third-order valence-corrected chi connectivity index (χ3v) is 5.78. The summed E-state index contributed by atoms with van der Waals surface area (Å²) in [5.41, 5.74) is 3.01. The number of esters is 1. The van der Waals surface area contributed by atoms with Crippen LogP contribution in [0.4, 0.5) is 0 Å². The molecule has 0 saturated heterocycles. The van der Waals surface area contributed by atoms with Crippen LogP contribution < -0.4 is 0 Å². The first kappa shape index (κ1) is 23.9. The van der Waals surface area contributed by atoms with Crippen molar-refractivity contribution in [2.45, 2.75) is 19.2 Å². The van der Waals surface area contributed by atoms with Gasteiger partial charge in [0.25, 0.3) is 5.91 Å². The van der Waals surface area contributed by atoms with Gasteiger partial charge in [-0.3, -0.25) is 4.79 Å². The summed E-state index contributed by atoms with van der Waals surface area (Å²) in [6, 6.07) is 34.4. The van der Waals surface area contributed by atoms with Gasteiger partial charge in [0.1, 0.15) is 6.61 Å². The molecule has 1 N–H and O–H groups in total. The van der Waals surface area contributed by atoms with Crippen LogP contribution in [0.2, 0.25) is 0 Å². The second kappa shape index (κ2) is 11.8. The molecule has 4 aromatic rings. The van der Waals surface area contributed by atoms with Gasteiger partial charge in [-0.05, 0) is 28.8 Å². The van der Waals surface area contributed by atoms with Gasteiger partial charge < -0.3 is 14.7 Å². The molecule has 1 unspecified atom stereocenters. The molecular weight excluding hydrogens is 438 g/mol. The molecule has 4 rings (SSSR count). The first-order valence-corrected chi connectivity index (χ1v) is 11.5. The van der Waals surface area contributed by atoms with E-state index in [9.17, 15) is 14.7 Å². The molecular formula is C30H27NO4. The van der Waals surface area contributed by atoms with Gasteiger partial charge in [0.2, 0.25) is 0 Å². The minimum absolute atomic E-state index is 0.110. The Morgan fingerprint density at radius 3 is 1.80 bits per heavy atom. The molecule has 0 spiro atoms. The Hall–Kier alpha value is -4.22. The fraction of sp³-hybridized carbons (Fsp3) is 0.133. The number of amides is 1. The van der Waals surface area contributed by atoms with Crippen molar-refractivity contribution in [1.82, 2.24) is 4.90 Å². The number of benzene rings is 4. The van der Waals surface area contributed by atoms with Crippen molar-refractivity contribution in [3.05, 3.63) is 143 Å². The molecule has 176 valence electrons. The summed E-state index contributed by atoms with van der Waals surface area (Å²) in [5, 5.41) is 10.3. The fourth-order valence-electron chi connectivity index (χ4n) is 3.97. The lowest BCUT2D eigenvalue weighted by molar-refractivity contribution is 0.0457. The van der Waals surface area contributed by atoms with Gasteiger partial charge in [-0.15, -0.1) is 0 Å². The number of rotatable bonds is 9. The second-order valence-electron chi connectivity index (χ2n) is 8.14. The molecule has 0 aliphatic heterocycles. The summed E-state index contributed by atoms with van der Waals surface area (Å²) in [7, 11) is 0. The SMILES string of the molecule is O=C(OCc1ccccc1)c1ccccc1C(=O)N(Cc1ccccc1)C(CO)c1ccccc1. The first-order valence-electron chi connectivity index (χ1n) is 11.5. The highest BCUT2D eigenvalue weighted by atomic mass is 16.5. The lowest BCUT2D eigenvalue weighted by Gasteiger charge is -2.32. The van der Waals surface area contributed by atoms with Crippen LogP contribution in [0.25, 0.3) is 0 Å². The lowest BCUT2D eigenvalue weighted by Crippen LogP contribution is -2.37. The van der Waals surface area contributed by atoms with E-state index < -0.39 is 12.0 Å². The van der Waals surface area contributed by atoms with Crippen LogP contribution in [-0.2, 0) is 17.9 Å². The fourth-order valence-corrected chi connectivity index (χ4v) is 3.97. The zero-order chi connectivity index (χ0) is 24.5. The summed E-state index contributed by atoms with van der Waals surface area (Å²) in [5.74, 6) is -0.929. The van der Waals surface area contributed by atoms with E-state index in [2.05, 4.69) is 0 Å². The van der Waals surface area contributed by atoms with Crippen molar-refractivity contribution in [3.8, 4) is 0 Å². The largest absolute Gasteiger partial charge is 0.457 e. The van der Waals surface area contributed by atoms with Crippen LogP contribution in [0.1, 0.15) is 43.4 Å². The number of nitrogens with zero attached hydrogens (tertiary/aromatic N) is 1. The Balaban J connectivity index is 1.65. The van der Waals surface area contributed by atoms with Gasteiger partial charge in [0, 0.05) is 6.54 Å². The Bertz CT molecular complexity index is 1240. The van der Waals surface area contributed by atoms with Crippen molar-refractivity contribution < 1.29 is 19.4 Å². The normalized spacial score (nSPS) is 11.5. The first-order chi connectivity index (χ1) is 17.2. The number of hydrogen-bond acceptors (Lipinski definition) is 4. The molecule has 1 atom stereocenters.